The molecule has 0 fully saturated rings. The highest BCUT2D eigenvalue weighted by molar-refractivity contribution is 5.27. The molecule has 0 aliphatic heterocycles. The Morgan fingerprint density at radius 1 is 1.05 bits per heavy atom. The molecule has 1 aromatic carbocycles. The standard InChI is InChI=1S/C17H30N2/c1-6-12-19(13-11-18-5)14-15-7-9-16(10-8-15)17(2,3)4/h7-10,18H,6,11-14H2,1-5H3. The number of hydrogen-bond acceptors (Lipinski definition) is 2. The van der Waals surface area contributed by atoms with Gasteiger partial charge in [-0.3, -0.25) is 4.90 Å². The van der Waals surface area contributed by atoms with Crippen molar-refractivity contribution < 1.29 is 0 Å². The second-order valence-electron chi connectivity index (χ2n) is 6.33. The fraction of sp³-hybridized carbons (Fsp3) is 0.647. The van der Waals surface area contributed by atoms with Gasteiger partial charge in [-0.2, -0.15) is 0 Å². The minimum Gasteiger partial charge on any atom is -0.318 e. The number of nitrogens with one attached hydrogen (secondary N) is 1. The highest BCUT2D eigenvalue weighted by Crippen LogP contribution is 2.22. The van der Waals surface area contributed by atoms with Crippen LogP contribution >= 0.6 is 0 Å². The molecule has 108 valence electrons. The fourth-order valence-electron chi connectivity index (χ4n) is 2.22. The van der Waals surface area contributed by atoms with Crippen LogP contribution in [0.3, 0.4) is 0 Å². The van der Waals surface area contributed by atoms with Crippen LogP contribution in [0.25, 0.3) is 0 Å². The van der Waals surface area contributed by atoms with Crippen molar-refractivity contribution in [2.24, 2.45) is 0 Å². The minimum atomic E-state index is 0.244. The zero-order valence-corrected chi connectivity index (χ0v) is 13.3. The van der Waals surface area contributed by atoms with Crippen LogP contribution in [0.4, 0.5) is 0 Å². The molecule has 1 N–H and O–H groups in total. The van der Waals surface area contributed by atoms with Crippen molar-refractivity contribution in [3.05, 3.63) is 35.4 Å². The molecule has 0 aromatic heterocycles. The van der Waals surface area contributed by atoms with Crippen LogP contribution in [0.15, 0.2) is 24.3 Å². The molecule has 0 saturated carbocycles. The third-order valence-corrected chi connectivity index (χ3v) is 3.44. The number of likely N-dealkylation sites (N-methyl/N-ethyl adjacent to an activating group) is 1. The van der Waals surface area contributed by atoms with Crippen LogP contribution in [0.1, 0.15) is 45.2 Å². The first kappa shape index (κ1) is 16.2. The Balaban J connectivity index is 2.64. The van der Waals surface area contributed by atoms with E-state index >= 15 is 0 Å². The van der Waals surface area contributed by atoms with Gasteiger partial charge in [-0.15, -0.1) is 0 Å². The molecule has 0 spiro atoms. The predicted octanol–water partition coefficient (Wildman–Crippen LogP) is 3.42. The lowest BCUT2D eigenvalue weighted by atomic mass is 9.87. The molecule has 0 unspecified atom stereocenters. The van der Waals surface area contributed by atoms with Crippen molar-refractivity contribution in [1.29, 1.82) is 0 Å². The zero-order chi connectivity index (χ0) is 14.3. The third-order valence-electron chi connectivity index (χ3n) is 3.44. The minimum absolute atomic E-state index is 0.244. The molecule has 1 aromatic rings. The molecule has 2 heteroatoms. The summed E-state index contributed by atoms with van der Waals surface area (Å²) in [5.74, 6) is 0. The average Bonchev–Trinajstić information content (AvgIpc) is 2.36. The average molecular weight is 262 g/mol. The van der Waals surface area contributed by atoms with E-state index in [1.807, 2.05) is 7.05 Å². The largest absolute Gasteiger partial charge is 0.318 e. The fourth-order valence-corrected chi connectivity index (χ4v) is 2.22. The Kier molecular flexibility index (Phi) is 6.53. The second-order valence-corrected chi connectivity index (χ2v) is 6.33. The Hall–Kier alpha value is -0.860. The van der Waals surface area contributed by atoms with Crippen LogP contribution < -0.4 is 5.32 Å². The number of rotatable bonds is 7. The van der Waals surface area contributed by atoms with Gasteiger partial charge >= 0.3 is 0 Å². The molecule has 0 atom stereocenters. The van der Waals surface area contributed by atoms with E-state index in [2.05, 4.69) is 62.2 Å². The van der Waals surface area contributed by atoms with E-state index in [9.17, 15) is 0 Å². The molecule has 1 rings (SSSR count). The van der Waals surface area contributed by atoms with E-state index in [-0.39, 0.29) is 5.41 Å². The quantitative estimate of drug-likeness (QED) is 0.810. The van der Waals surface area contributed by atoms with Crippen molar-refractivity contribution in [2.45, 2.75) is 46.1 Å². The normalized spacial score (nSPS) is 12.1. The maximum absolute atomic E-state index is 3.23. The number of nitrogens with zero attached hydrogens (tertiary/aromatic N) is 1. The van der Waals surface area contributed by atoms with Crippen molar-refractivity contribution in [3.63, 3.8) is 0 Å². The van der Waals surface area contributed by atoms with E-state index < -0.39 is 0 Å². The van der Waals surface area contributed by atoms with Crippen LogP contribution in [0.2, 0.25) is 0 Å². The summed E-state index contributed by atoms with van der Waals surface area (Å²) in [6.07, 6.45) is 1.21. The van der Waals surface area contributed by atoms with E-state index in [1.54, 1.807) is 0 Å². The first-order valence-electron chi connectivity index (χ1n) is 7.43. The molecule has 0 saturated heterocycles. The van der Waals surface area contributed by atoms with Crippen molar-refractivity contribution in [2.75, 3.05) is 26.7 Å². The number of hydrogen-bond donors (Lipinski definition) is 1. The van der Waals surface area contributed by atoms with Crippen molar-refractivity contribution in [3.8, 4) is 0 Å². The Morgan fingerprint density at radius 3 is 2.16 bits per heavy atom. The highest BCUT2D eigenvalue weighted by Gasteiger charge is 2.13. The topological polar surface area (TPSA) is 15.3 Å². The SMILES string of the molecule is CCCN(CCNC)Cc1ccc(C(C)(C)C)cc1. The van der Waals surface area contributed by atoms with Gasteiger partial charge in [0.05, 0.1) is 0 Å². The van der Waals surface area contributed by atoms with Gasteiger partial charge < -0.3 is 5.32 Å². The van der Waals surface area contributed by atoms with Gasteiger partial charge in [0.2, 0.25) is 0 Å². The maximum atomic E-state index is 3.23. The van der Waals surface area contributed by atoms with Gasteiger partial charge in [0.25, 0.3) is 0 Å². The van der Waals surface area contributed by atoms with E-state index in [0.717, 1.165) is 19.6 Å². The summed E-state index contributed by atoms with van der Waals surface area (Å²) in [6.45, 7) is 13.4. The van der Waals surface area contributed by atoms with Crippen molar-refractivity contribution >= 4 is 0 Å². The summed E-state index contributed by atoms with van der Waals surface area (Å²) < 4.78 is 0. The summed E-state index contributed by atoms with van der Waals surface area (Å²) in [5.41, 5.74) is 3.07. The van der Waals surface area contributed by atoms with Crippen LogP contribution in [-0.2, 0) is 12.0 Å². The lowest BCUT2D eigenvalue weighted by Crippen LogP contribution is -2.31. The lowest BCUT2D eigenvalue weighted by Gasteiger charge is -2.23. The monoisotopic (exact) mass is 262 g/mol. The highest BCUT2D eigenvalue weighted by atomic mass is 15.1. The molecule has 0 heterocycles. The van der Waals surface area contributed by atoms with Gasteiger partial charge in [0.1, 0.15) is 0 Å². The first-order valence-corrected chi connectivity index (χ1v) is 7.43. The summed E-state index contributed by atoms with van der Waals surface area (Å²) in [5, 5.41) is 3.23. The summed E-state index contributed by atoms with van der Waals surface area (Å²) in [7, 11) is 2.02. The Bertz CT molecular complexity index is 349. The van der Waals surface area contributed by atoms with Crippen molar-refractivity contribution in [1.82, 2.24) is 10.2 Å². The Morgan fingerprint density at radius 2 is 1.68 bits per heavy atom. The summed E-state index contributed by atoms with van der Waals surface area (Å²) in [6, 6.07) is 9.11. The maximum Gasteiger partial charge on any atom is 0.0234 e. The number of benzene rings is 1. The molecule has 0 aliphatic rings. The van der Waals surface area contributed by atoms with Gasteiger partial charge in [-0.1, -0.05) is 52.0 Å². The lowest BCUT2D eigenvalue weighted by molar-refractivity contribution is 0.268. The first-order chi connectivity index (χ1) is 8.97. The molecule has 0 bridgehead atoms. The summed E-state index contributed by atoms with van der Waals surface area (Å²) in [4.78, 5) is 2.52. The van der Waals surface area contributed by atoms with Crippen LogP contribution in [0.5, 0.6) is 0 Å². The van der Waals surface area contributed by atoms with E-state index in [4.69, 9.17) is 0 Å². The van der Waals surface area contributed by atoms with E-state index in [1.165, 1.54) is 24.1 Å². The predicted molar refractivity (Wildman–Crippen MR) is 84.6 cm³/mol. The van der Waals surface area contributed by atoms with Crippen LogP contribution in [0, 0.1) is 0 Å². The van der Waals surface area contributed by atoms with Gasteiger partial charge in [-0.05, 0) is 36.6 Å². The molecule has 2 nitrogen and oxygen atoms in total. The molecule has 0 amide bonds. The van der Waals surface area contributed by atoms with Crippen LogP contribution in [-0.4, -0.2) is 31.6 Å². The Labute approximate surface area is 119 Å². The smallest absolute Gasteiger partial charge is 0.0234 e. The molecule has 0 radical (unpaired) electrons. The molecule has 0 aliphatic carbocycles. The van der Waals surface area contributed by atoms with Gasteiger partial charge in [0, 0.05) is 19.6 Å². The second kappa shape index (κ2) is 7.66. The van der Waals surface area contributed by atoms with E-state index in [0.29, 0.717) is 0 Å². The molecule has 19 heavy (non-hydrogen) atoms. The third kappa shape index (κ3) is 5.75. The van der Waals surface area contributed by atoms with Gasteiger partial charge in [0.15, 0.2) is 0 Å². The summed E-state index contributed by atoms with van der Waals surface area (Å²) >= 11 is 0. The zero-order valence-electron chi connectivity index (χ0n) is 13.3. The molecular formula is C17H30N2. The van der Waals surface area contributed by atoms with Gasteiger partial charge in [-0.25, -0.2) is 0 Å². The molecular weight excluding hydrogens is 232 g/mol.